The number of rotatable bonds is 4. The highest BCUT2D eigenvalue weighted by molar-refractivity contribution is 5.80. The number of carbonyl (C=O) groups is 1. The third-order valence-electron chi connectivity index (χ3n) is 4.30. The van der Waals surface area contributed by atoms with Gasteiger partial charge in [0.1, 0.15) is 11.9 Å². The van der Waals surface area contributed by atoms with Crippen molar-refractivity contribution in [3.05, 3.63) is 30.1 Å². The van der Waals surface area contributed by atoms with Crippen LogP contribution in [0.2, 0.25) is 0 Å². The number of aromatic amines is 1. The van der Waals surface area contributed by atoms with Gasteiger partial charge >= 0.3 is 0 Å². The smallest absolute Gasteiger partial charge is 0.247 e. The van der Waals surface area contributed by atoms with Gasteiger partial charge in [-0.25, -0.2) is 4.98 Å². The minimum Gasteiger partial charge on any atom is -0.341 e. The first-order valence-corrected chi connectivity index (χ1v) is 7.86. The van der Waals surface area contributed by atoms with E-state index in [4.69, 9.17) is 0 Å². The molecule has 0 spiro atoms. The molecule has 22 heavy (non-hydrogen) atoms. The van der Waals surface area contributed by atoms with Crippen LogP contribution in [-0.2, 0) is 4.79 Å². The summed E-state index contributed by atoms with van der Waals surface area (Å²) in [4.78, 5) is 19.1. The monoisotopic (exact) mass is 302 g/mol. The first-order chi connectivity index (χ1) is 10.7. The predicted molar refractivity (Wildman–Crippen MR) is 81.2 cm³/mol. The SMILES string of the molecule is CC[C@@H](C(=O)N1CCC(c2n[nH]c(C)n2)CC1)n1cccn1. The van der Waals surface area contributed by atoms with Crippen LogP contribution in [0.25, 0.3) is 0 Å². The van der Waals surface area contributed by atoms with Gasteiger partial charge in [0.25, 0.3) is 0 Å². The minimum atomic E-state index is -0.197. The maximum atomic E-state index is 12.7. The first kappa shape index (κ1) is 14.7. The number of nitrogens with one attached hydrogen (secondary N) is 1. The summed E-state index contributed by atoms with van der Waals surface area (Å²) < 4.78 is 1.76. The third-order valence-corrected chi connectivity index (χ3v) is 4.30. The van der Waals surface area contributed by atoms with Crippen LogP contribution in [0, 0.1) is 6.92 Å². The topological polar surface area (TPSA) is 79.7 Å². The average molecular weight is 302 g/mol. The lowest BCUT2D eigenvalue weighted by Crippen LogP contribution is -2.42. The largest absolute Gasteiger partial charge is 0.341 e. The molecule has 1 aliphatic heterocycles. The summed E-state index contributed by atoms with van der Waals surface area (Å²) in [7, 11) is 0. The number of hydrogen-bond acceptors (Lipinski definition) is 4. The van der Waals surface area contributed by atoms with E-state index in [0.29, 0.717) is 5.92 Å². The quantitative estimate of drug-likeness (QED) is 0.931. The fourth-order valence-corrected chi connectivity index (χ4v) is 3.05. The normalized spacial score (nSPS) is 17.6. The van der Waals surface area contributed by atoms with Crippen molar-refractivity contribution in [2.24, 2.45) is 0 Å². The van der Waals surface area contributed by atoms with Crippen LogP contribution >= 0.6 is 0 Å². The summed E-state index contributed by atoms with van der Waals surface area (Å²) in [6.45, 7) is 5.45. The van der Waals surface area contributed by atoms with Gasteiger partial charge in [-0.1, -0.05) is 6.92 Å². The maximum Gasteiger partial charge on any atom is 0.247 e. The second-order valence-corrected chi connectivity index (χ2v) is 5.79. The summed E-state index contributed by atoms with van der Waals surface area (Å²) in [5, 5.41) is 11.4. The Morgan fingerprint density at radius 3 is 2.77 bits per heavy atom. The number of H-pyrrole nitrogens is 1. The zero-order valence-electron chi connectivity index (χ0n) is 13.1. The molecule has 0 radical (unpaired) electrons. The van der Waals surface area contributed by atoms with Crippen molar-refractivity contribution in [3.8, 4) is 0 Å². The molecule has 2 aromatic heterocycles. The summed E-state index contributed by atoms with van der Waals surface area (Å²) in [5.41, 5.74) is 0. The van der Waals surface area contributed by atoms with Crippen LogP contribution in [0.5, 0.6) is 0 Å². The molecule has 118 valence electrons. The summed E-state index contributed by atoms with van der Waals surface area (Å²) >= 11 is 0. The molecular formula is C15H22N6O. The Balaban J connectivity index is 1.62. The van der Waals surface area contributed by atoms with E-state index in [-0.39, 0.29) is 11.9 Å². The highest BCUT2D eigenvalue weighted by Gasteiger charge is 2.30. The number of hydrogen-bond donors (Lipinski definition) is 1. The standard InChI is InChI=1S/C15H22N6O/c1-3-13(21-8-4-7-16-21)15(22)20-9-5-12(6-10-20)14-17-11(2)18-19-14/h4,7-8,12-13H,3,5-6,9-10H2,1-2H3,(H,17,18,19)/t13-/m0/s1. The Bertz CT molecular complexity index is 612. The van der Waals surface area contributed by atoms with Gasteiger partial charge in [0.05, 0.1) is 0 Å². The molecule has 7 heteroatoms. The van der Waals surface area contributed by atoms with Gasteiger partial charge in [0.15, 0.2) is 5.82 Å². The molecule has 0 saturated carbocycles. The van der Waals surface area contributed by atoms with Crippen molar-refractivity contribution in [2.75, 3.05) is 13.1 Å². The zero-order chi connectivity index (χ0) is 15.5. The molecule has 3 rings (SSSR count). The molecular weight excluding hydrogens is 280 g/mol. The van der Waals surface area contributed by atoms with Gasteiger partial charge in [-0.3, -0.25) is 14.6 Å². The Kier molecular flexibility index (Phi) is 4.22. The first-order valence-electron chi connectivity index (χ1n) is 7.86. The summed E-state index contributed by atoms with van der Waals surface area (Å²) in [5.74, 6) is 2.23. The van der Waals surface area contributed by atoms with E-state index < -0.39 is 0 Å². The van der Waals surface area contributed by atoms with Crippen molar-refractivity contribution in [1.29, 1.82) is 0 Å². The molecule has 2 aromatic rings. The molecule has 1 atom stereocenters. The Morgan fingerprint density at radius 1 is 1.45 bits per heavy atom. The number of aryl methyl sites for hydroxylation is 1. The number of carbonyl (C=O) groups excluding carboxylic acids is 1. The highest BCUT2D eigenvalue weighted by Crippen LogP contribution is 2.27. The number of nitrogens with zero attached hydrogens (tertiary/aromatic N) is 5. The second kappa shape index (κ2) is 6.29. The summed E-state index contributed by atoms with van der Waals surface area (Å²) in [6.07, 6.45) is 6.15. The lowest BCUT2D eigenvalue weighted by Gasteiger charge is -2.33. The number of likely N-dealkylation sites (tertiary alicyclic amines) is 1. The number of amides is 1. The van der Waals surface area contributed by atoms with E-state index in [1.807, 2.05) is 31.0 Å². The zero-order valence-corrected chi connectivity index (χ0v) is 13.1. The Hall–Kier alpha value is -2.18. The molecule has 0 aromatic carbocycles. The Labute approximate surface area is 129 Å². The Morgan fingerprint density at radius 2 is 2.23 bits per heavy atom. The van der Waals surface area contributed by atoms with Gasteiger partial charge in [0.2, 0.25) is 5.91 Å². The average Bonchev–Trinajstić information content (AvgIpc) is 3.20. The van der Waals surface area contributed by atoms with Crippen LogP contribution in [-0.4, -0.2) is 48.9 Å². The maximum absolute atomic E-state index is 12.7. The number of piperidine rings is 1. The van der Waals surface area contributed by atoms with Crippen molar-refractivity contribution in [2.45, 2.75) is 45.1 Å². The van der Waals surface area contributed by atoms with Crippen molar-refractivity contribution < 1.29 is 4.79 Å². The van der Waals surface area contributed by atoms with Crippen LogP contribution in [0.4, 0.5) is 0 Å². The van der Waals surface area contributed by atoms with E-state index in [2.05, 4.69) is 20.3 Å². The van der Waals surface area contributed by atoms with Crippen LogP contribution < -0.4 is 0 Å². The highest BCUT2D eigenvalue weighted by atomic mass is 16.2. The molecule has 1 fully saturated rings. The van der Waals surface area contributed by atoms with E-state index >= 15 is 0 Å². The van der Waals surface area contributed by atoms with E-state index in [1.165, 1.54) is 0 Å². The van der Waals surface area contributed by atoms with E-state index in [1.54, 1.807) is 10.9 Å². The van der Waals surface area contributed by atoms with E-state index in [9.17, 15) is 4.79 Å². The fraction of sp³-hybridized carbons (Fsp3) is 0.600. The number of aromatic nitrogens is 5. The lowest BCUT2D eigenvalue weighted by molar-refractivity contribution is -0.136. The molecule has 1 aliphatic rings. The van der Waals surface area contributed by atoms with Crippen LogP contribution in [0.1, 0.15) is 49.8 Å². The molecule has 3 heterocycles. The van der Waals surface area contributed by atoms with Gasteiger partial charge in [-0.15, -0.1) is 0 Å². The van der Waals surface area contributed by atoms with Crippen LogP contribution in [0.15, 0.2) is 18.5 Å². The van der Waals surface area contributed by atoms with Crippen LogP contribution in [0.3, 0.4) is 0 Å². The third kappa shape index (κ3) is 2.88. The van der Waals surface area contributed by atoms with E-state index in [0.717, 1.165) is 44.0 Å². The molecule has 1 saturated heterocycles. The lowest BCUT2D eigenvalue weighted by atomic mass is 9.95. The van der Waals surface area contributed by atoms with Crippen molar-refractivity contribution in [1.82, 2.24) is 29.9 Å². The van der Waals surface area contributed by atoms with Gasteiger partial charge in [0, 0.05) is 31.4 Å². The van der Waals surface area contributed by atoms with Gasteiger partial charge < -0.3 is 4.90 Å². The second-order valence-electron chi connectivity index (χ2n) is 5.79. The van der Waals surface area contributed by atoms with Crippen molar-refractivity contribution >= 4 is 5.91 Å². The van der Waals surface area contributed by atoms with Crippen molar-refractivity contribution in [3.63, 3.8) is 0 Å². The summed E-state index contributed by atoms with van der Waals surface area (Å²) in [6, 6.07) is 1.66. The molecule has 0 aliphatic carbocycles. The predicted octanol–water partition coefficient (Wildman–Crippen LogP) is 1.67. The molecule has 1 amide bonds. The molecule has 1 N–H and O–H groups in total. The molecule has 0 bridgehead atoms. The molecule has 7 nitrogen and oxygen atoms in total. The van der Waals surface area contributed by atoms with Gasteiger partial charge in [-0.2, -0.15) is 10.2 Å². The molecule has 0 unspecified atom stereocenters. The fourth-order valence-electron chi connectivity index (χ4n) is 3.05. The van der Waals surface area contributed by atoms with Gasteiger partial charge in [-0.05, 0) is 32.3 Å². The minimum absolute atomic E-state index is 0.163.